The minimum Gasteiger partial charge on any atom is -0.497 e. The molecule has 0 aliphatic carbocycles. The Morgan fingerprint density at radius 1 is 1.29 bits per heavy atom. The lowest BCUT2D eigenvalue weighted by molar-refractivity contribution is 0.332. The lowest BCUT2D eigenvalue weighted by atomic mass is 10.1. The maximum absolute atomic E-state index is 5.56. The Bertz CT molecular complexity index is 447. The molecule has 0 radical (unpaired) electrons. The van der Waals surface area contributed by atoms with Crippen molar-refractivity contribution in [2.24, 2.45) is 0 Å². The van der Waals surface area contributed by atoms with E-state index < -0.39 is 0 Å². The van der Waals surface area contributed by atoms with Gasteiger partial charge in [-0.15, -0.1) is 0 Å². The molecule has 1 saturated heterocycles. The van der Waals surface area contributed by atoms with Crippen LogP contribution in [0.1, 0.15) is 38.2 Å². The van der Waals surface area contributed by atoms with Crippen LogP contribution in [0.15, 0.2) is 24.3 Å². The second-order valence-electron chi connectivity index (χ2n) is 5.72. The molecule has 1 aromatic carbocycles. The third-order valence-electron chi connectivity index (χ3n) is 4.16. The summed E-state index contributed by atoms with van der Waals surface area (Å²) in [5.74, 6) is 0.903. The highest BCUT2D eigenvalue weighted by molar-refractivity contribution is 7.80. The number of thiocarbonyl (C=S) groups is 1. The van der Waals surface area contributed by atoms with Gasteiger partial charge in [-0.1, -0.05) is 25.0 Å². The smallest absolute Gasteiger partial charge is 0.169 e. The van der Waals surface area contributed by atoms with E-state index in [2.05, 4.69) is 29.3 Å². The maximum Gasteiger partial charge on any atom is 0.169 e. The summed E-state index contributed by atoms with van der Waals surface area (Å²) in [7, 11) is 1.69. The minimum atomic E-state index is 0.563. The van der Waals surface area contributed by atoms with Gasteiger partial charge in [-0.25, -0.2) is 0 Å². The molecule has 2 rings (SSSR count). The summed E-state index contributed by atoms with van der Waals surface area (Å²) in [5, 5.41) is 4.33. The van der Waals surface area contributed by atoms with Crippen LogP contribution < -0.4 is 10.1 Å². The Morgan fingerprint density at radius 3 is 2.76 bits per heavy atom. The van der Waals surface area contributed by atoms with E-state index in [1.807, 2.05) is 12.1 Å². The zero-order valence-electron chi connectivity index (χ0n) is 13.1. The van der Waals surface area contributed by atoms with E-state index in [4.69, 9.17) is 17.0 Å². The number of benzene rings is 1. The fourth-order valence-corrected chi connectivity index (χ4v) is 3.16. The fourth-order valence-electron chi connectivity index (χ4n) is 2.78. The summed E-state index contributed by atoms with van der Waals surface area (Å²) >= 11 is 5.56. The van der Waals surface area contributed by atoms with E-state index in [-0.39, 0.29) is 0 Å². The van der Waals surface area contributed by atoms with Gasteiger partial charge in [0, 0.05) is 19.1 Å². The lowest BCUT2D eigenvalue weighted by Gasteiger charge is -2.30. The van der Waals surface area contributed by atoms with Crippen molar-refractivity contribution in [3.05, 3.63) is 29.8 Å². The molecular weight excluding hydrogens is 280 g/mol. The SMILES string of the molecule is COc1ccc(CCNC(=S)N2CCCCCC2C)cc1. The number of rotatable bonds is 4. The third kappa shape index (κ3) is 4.88. The molecule has 4 heteroatoms. The van der Waals surface area contributed by atoms with Crippen molar-refractivity contribution in [3.8, 4) is 5.75 Å². The molecule has 1 unspecified atom stereocenters. The monoisotopic (exact) mass is 306 g/mol. The Kier molecular flexibility index (Phi) is 6.30. The summed E-state index contributed by atoms with van der Waals surface area (Å²) in [6.07, 6.45) is 6.14. The normalized spacial score (nSPS) is 19.0. The molecule has 1 aliphatic rings. The van der Waals surface area contributed by atoms with Crippen molar-refractivity contribution in [1.82, 2.24) is 10.2 Å². The van der Waals surface area contributed by atoms with Crippen LogP contribution in [0.5, 0.6) is 5.75 Å². The van der Waals surface area contributed by atoms with E-state index >= 15 is 0 Å². The molecule has 1 atom stereocenters. The van der Waals surface area contributed by atoms with E-state index in [1.165, 1.54) is 31.2 Å². The van der Waals surface area contributed by atoms with Crippen molar-refractivity contribution in [2.75, 3.05) is 20.2 Å². The van der Waals surface area contributed by atoms with Crippen molar-refractivity contribution < 1.29 is 4.74 Å². The first kappa shape index (κ1) is 16.1. The van der Waals surface area contributed by atoms with Crippen molar-refractivity contribution in [3.63, 3.8) is 0 Å². The molecule has 0 amide bonds. The largest absolute Gasteiger partial charge is 0.497 e. The quantitative estimate of drug-likeness (QED) is 0.862. The van der Waals surface area contributed by atoms with Crippen molar-refractivity contribution >= 4 is 17.3 Å². The van der Waals surface area contributed by atoms with Gasteiger partial charge in [-0.2, -0.15) is 0 Å². The number of likely N-dealkylation sites (tertiary alicyclic amines) is 1. The summed E-state index contributed by atoms with van der Waals surface area (Å²) in [4.78, 5) is 2.36. The zero-order valence-corrected chi connectivity index (χ0v) is 13.9. The topological polar surface area (TPSA) is 24.5 Å². The van der Waals surface area contributed by atoms with Gasteiger partial charge in [0.2, 0.25) is 0 Å². The van der Waals surface area contributed by atoms with Gasteiger partial charge in [0.05, 0.1) is 7.11 Å². The second kappa shape index (κ2) is 8.23. The van der Waals surface area contributed by atoms with Gasteiger partial charge in [0.1, 0.15) is 5.75 Å². The molecular formula is C17H26N2OS. The summed E-state index contributed by atoms with van der Waals surface area (Å²) in [5.41, 5.74) is 1.30. The van der Waals surface area contributed by atoms with Crippen LogP contribution in [-0.2, 0) is 6.42 Å². The number of methoxy groups -OCH3 is 1. The van der Waals surface area contributed by atoms with Crippen LogP contribution in [-0.4, -0.2) is 36.3 Å². The van der Waals surface area contributed by atoms with Gasteiger partial charge in [-0.3, -0.25) is 0 Å². The van der Waals surface area contributed by atoms with Crippen LogP contribution in [0.3, 0.4) is 0 Å². The average molecular weight is 306 g/mol. The highest BCUT2D eigenvalue weighted by Crippen LogP contribution is 2.16. The van der Waals surface area contributed by atoms with Gasteiger partial charge >= 0.3 is 0 Å². The third-order valence-corrected chi connectivity index (χ3v) is 4.54. The fraction of sp³-hybridized carbons (Fsp3) is 0.588. The number of hydrogen-bond donors (Lipinski definition) is 1. The van der Waals surface area contributed by atoms with Gasteiger partial charge in [0.25, 0.3) is 0 Å². The zero-order chi connectivity index (χ0) is 15.1. The van der Waals surface area contributed by atoms with E-state index in [9.17, 15) is 0 Å². The molecule has 1 fully saturated rings. The molecule has 21 heavy (non-hydrogen) atoms. The Balaban J connectivity index is 1.77. The van der Waals surface area contributed by atoms with E-state index in [0.717, 1.165) is 30.4 Å². The standard InChI is InChI=1S/C17H26N2OS/c1-14-6-4-3-5-13-19(14)17(21)18-12-11-15-7-9-16(20-2)10-8-15/h7-10,14H,3-6,11-13H2,1-2H3,(H,18,21). The predicted molar refractivity (Wildman–Crippen MR) is 91.9 cm³/mol. The summed E-state index contributed by atoms with van der Waals surface area (Å²) in [6, 6.07) is 8.79. The number of nitrogens with one attached hydrogen (secondary N) is 1. The Morgan fingerprint density at radius 2 is 2.05 bits per heavy atom. The molecule has 3 nitrogen and oxygen atoms in total. The van der Waals surface area contributed by atoms with Crippen LogP contribution in [0.25, 0.3) is 0 Å². The second-order valence-corrected chi connectivity index (χ2v) is 6.11. The predicted octanol–water partition coefficient (Wildman–Crippen LogP) is 3.38. The van der Waals surface area contributed by atoms with Crippen LogP contribution in [0, 0.1) is 0 Å². The van der Waals surface area contributed by atoms with Crippen molar-refractivity contribution in [1.29, 1.82) is 0 Å². The van der Waals surface area contributed by atoms with E-state index in [0.29, 0.717) is 6.04 Å². The molecule has 0 spiro atoms. The summed E-state index contributed by atoms with van der Waals surface area (Å²) in [6.45, 7) is 4.26. The molecule has 1 N–H and O–H groups in total. The molecule has 0 aromatic heterocycles. The highest BCUT2D eigenvalue weighted by atomic mass is 32.1. The van der Waals surface area contributed by atoms with E-state index in [1.54, 1.807) is 7.11 Å². The number of nitrogens with zero attached hydrogens (tertiary/aromatic N) is 1. The molecule has 1 heterocycles. The number of ether oxygens (including phenoxy) is 1. The van der Waals surface area contributed by atoms with Crippen LogP contribution in [0.2, 0.25) is 0 Å². The Labute approximate surface area is 133 Å². The first-order valence-electron chi connectivity index (χ1n) is 7.88. The molecule has 0 bridgehead atoms. The highest BCUT2D eigenvalue weighted by Gasteiger charge is 2.18. The first-order chi connectivity index (χ1) is 10.2. The molecule has 116 valence electrons. The summed E-state index contributed by atoms with van der Waals surface area (Å²) < 4.78 is 5.17. The average Bonchev–Trinajstić information content (AvgIpc) is 2.72. The van der Waals surface area contributed by atoms with Crippen LogP contribution in [0.4, 0.5) is 0 Å². The number of hydrogen-bond acceptors (Lipinski definition) is 2. The maximum atomic E-state index is 5.56. The van der Waals surface area contributed by atoms with Gasteiger partial charge in [0.15, 0.2) is 5.11 Å². The lowest BCUT2D eigenvalue weighted by Crippen LogP contribution is -2.45. The molecule has 1 aliphatic heterocycles. The van der Waals surface area contributed by atoms with Gasteiger partial charge < -0.3 is 15.0 Å². The van der Waals surface area contributed by atoms with Crippen LogP contribution >= 0.6 is 12.2 Å². The molecule has 0 saturated carbocycles. The first-order valence-corrected chi connectivity index (χ1v) is 8.29. The van der Waals surface area contributed by atoms with Crippen molar-refractivity contribution in [2.45, 2.75) is 45.1 Å². The minimum absolute atomic E-state index is 0.563. The van der Waals surface area contributed by atoms with Gasteiger partial charge in [-0.05, 0) is 56.1 Å². The Hall–Kier alpha value is -1.29. The molecule has 1 aromatic rings.